The van der Waals surface area contributed by atoms with Gasteiger partial charge < -0.3 is 0 Å². The molecule has 0 heterocycles. The molecule has 0 fully saturated rings. The van der Waals surface area contributed by atoms with Gasteiger partial charge in [0, 0.05) is 18.4 Å². The Hall–Kier alpha value is -1.83. The summed E-state index contributed by atoms with van der Waals surface area (Å²) in [6.07, 6.45) is -3.39. The van der Waals surface area contributed by atoms with E-state index in [1.165, 1.54) is 24.3 Å². The van der Waals surface area contributed by atoms with E-state index in [0.717, 1.165) is 6.42 Å². The van der Waals surface area contributed by atoms with Crippen LogP contribution in [-0.2, 0) is 0 Å². The average Bonchev–Trinajstić information content (AvgIpc) is 2.43. The Bertz CT molecular complexity index is 500. The number of rotatable bonds is 7. The van der Waals surface area contributed by atoms with Gasteiger partial charge in [0.1, 0.15) is 0 Å². The summed E-state index contributed by atoms with van der Waals surface area (Å²) in [7, 11) is 0. The fraction of sp³-hybridized carbons (Fsp3) is 0.500. The van der Waals surface area contributed by atoms with E-state index in [4.69, 9.17) is 5.26 Å². The van der Waals surface area contributed by atoms with Crippen LogP contribution >= 0.6 is 0 Å². The average molecular weight is 297 g/mol. The van der Waals surface area contributed by atoms with Crippen LogP contribution in [0.1, 0.15) is 54.9 Å². The van der Waals surface area contributed by atoms with Crippen LogP contribution in [0, 0.1) is 17.2 Å². The molecule has 0 aliphatic rings. The van der Waals surface area contributed by atoms with Gasteiger partial charge in [0.05, 0.1) is 11.6 Å². The lowest BCUT2D eigenvalue weighted by Gasteiger charge is -2.17. The number of carbonyl (C=O) groups excluding carboxylic acids is 1. The van der Waals surface area contributed by atoms with Gasteiger partial charge in [-0.05, 0) is 24.5 Å². The van der Waals surface area contributed by atoms with E-state index in [2.05, 4.69) is 0 Å². The van der Waals surface area contributed by atoms with E-state index in [-0.39, 0.29) is 12.2 Å². The Kier molecular flexibility index (Phi) is 6.41. The number of nitriles is 1. The number of unbranched alkanes of at least 4 members (excludes halogenated alkanes) is 1. The first-order valence-electron chi connectivity index (χ1n) is 6.96. The molecule has 1 aromatic carbocycles. The van der Waals surface area contributed by atoms with Gasteiger partial charge in [0.25, 0.3) is 0 Å². The molecule has 0 N–H and O–H groups in total. The molecule has 0 saturated carbocycles. The van der Waals surface area contributed by atoms with Crippen molar-refractivity contribution in [1.29, 1.82) is 5.26 Å². The van der Waals surface area contributed by atoms with Gasteiger partial charge in [0.15, 0.2) is 5.78 Å². The lowest BCUT2D eigenvalue weighted by atomic mass is 9.90. The number of halogens is 3. The van der Waals surface area contributed by atoms with Crippen molar-refractivity contribution >= 4 is 5.78 Å². The molecule has 1 unspecified atom stereocenters. The van der Waals surface area contributed by atoms with Crippen LogP contribution < -0.4 is 0 Å². The highest BCUT2D eigenvalue weighted by atomic mass is 19.4. The molecule has 0 spiro atoms. The standard InChI is InChI=1S/C16H18F3NO/c1-2-3-4-13(10-16(17,18)19)9-15(21)14-7-5-12(11-20)6-8-14/h5-8,13H,2-4,9-10H2,1H3. The molecular formula is C16H18F3NO. The van der Waals surface area contributed by atoms with E-state index in [1.54, 1.807) is 0 Å². The summed E-state index contributed by atoms with van der Waals surface area (Å²) in [5.74, 6) is -0.974. The number of hydrogen-bond acceptors (Lipinski definition) is 2. The monoisotopic (exact) mass is 297 g/mol. The highest BCUT2D eigenvalue weighted by molar-refractivity contribution is 5.96. The van der Waals surface area contributed by atoms with Crippen LogP contribution in [0.25, 0.3) is 0 Å². The largest absolute Gasteiger partial charge is 0.389 e. The molecule has 0 bridgehead atoms. The Balaban J connectivity index is 2.71. The summed E-state index contributed by atoms with van der Waals surface area (Å²) >= 11 is 0. The minimum Gasteiger partial charge on any atom is -0.294 e. The summed E-state index contributed by atoms with van der Waals surface area (Å²) in [6, 6.07) is 7.91. The third kappa shape index (κ3) is 6.44. The highest BCUT2D eigenvalue weighted by Crippen LogP contribution is 2.30. The smallest absolute Gasteiger partial charge is 0.294 e. The molecule has 5 heteroatoms. The lowest BCUT2D eigenvalue weighted by molar-refractivity contribution is -0.144. The number of hydrogen-bond donors (Lipinski definition) is 0. The molecule has 2 nitrogen and oxygen atoms in total. The number of benzene rings is 1. The zero-order valence-electron chi connectivity index (χ0n) is 11.9. The van der Waals surface area contributed by atoms with Gasteiger partial charge in [-0.3, -0.25) is 4.79 Å². The first-order chi connectivity index (χ1) is 9.85. The Morgan fingerprint density at radius 3 is 2.38 bits per heavy atom. The molecule has 114 valence electrons. The number of carbonyl (C=O) groups is 1. The van der Waals surface area contributed by atoms with Gasteiger partial charge in [-0.1, -0.05) is 31.9 Å². The number of alkyl halides is 3. The SMILES string of the molecule is CCCCC(CC(=O)c1ccc(C#N)cc1)CC(F)(F)F. The fourth-order valence-corrected chi connectivity index (χ4v) is 2.21. The maximum atomic E-state index is 12.5. The third-order valence-corrected chi connectivity index (χ3v) is 3.30. The minimum absolute atomic E-state index is 0.106. The van der Waals surface area contributed by atoms with Crippen LogP contribution in [-0.4, -0.2) is 12.0 Å². The molecule has 0 aliphatic heterocycles. The maximum Gasteiger partial charge on any atom is 0.389 e. The first kappa shape index (κ1) is 17.2. The number of nitrogens with zero attached hydrogens (tertiary/aromatic N) is 1. The number of ketones is 1. The van der Waals surface area contributed by atoms with E-state index in [0.29, 0.717) is 24.0 Å². The van der Waals surface area contributed by atoms with Crippen LogP contribution in [0.5, 0.6) is 0 Å². The van der Waals surface area contributed by atoms with E-state index in [9.17, 15) is 18.0 Å². The molecule has 0 aromatic heterocycles. The Morgan fingerprint density at radius 1 is 1.29 bits per heavy atom. The molecule has 0 amide bonds. The molecule has 1 atom stereocenters. The van der Waals surface area contributed by atoms with Crippen molar-refractivity contribution in [1.82, 2.24) is 0 Å². The van der Waals surface area contributed by atoms with E-state index < -0.39 is 18.5 Å². The lowest BCUT2D eigenvalue weighted by Crippen LogP contribution is -2.18. The molecule has 0 aliphatic carbocycles. The first-order valence-corrected chi connectivity index (χ1v) is 6.96. The Morgan fingerprint density at radius 2 is 1.90 bits per heavy atom. The van der Waals surface area contributed by atoms with E-state index >= 15 is 0 Å². The van der Waals surface area contributed by atoms with Gasteiger partial charge >= 0.3 is 6.18 Å². The molecule has 21 heavy (non-hydrogen) atoms. The predicted octanol–water partition coefficient (Wildman–Crippen LogP) is 4.89. The normalized spacial score (nSPS) is 12.7. The van der Waals surface area contributed by atoms with Crippen molar-refractivity contribution in [3.63, 3.8) is 0 Å². The van der Waals surface area contributed by atoms with Gasteiger partial charge in [-0.15, -0.1) is 0 Å². The summed E-state index contributed by atoms with van der Waals surface area (Å²) < 4.78 is 37.6. The van der Waals surface area contributed by atoms with Gasteiger partial charge in [0.2, 0.25) is 0 Å². The Labute approximate surface area is 122 Å². The molecule has 1 rings (SSSR count). The second-order valence-corrected chi connectivity index (χ2v) is 5.14. The van der Waals surface area contributed by atoms with E-state index in [1.807, 2.05) is 13.0 Å². The van der Waals surface area contributed by atoms with Crippen LogP contribution in [0.4, 0.5) is 13.2 Å². The quantitative estimate of drug-likeness (QED) is 0.672. The predicted molar refractivity (Wildman–Crippen MR) is 73.8 cm³/mol. The topological polar surface area (TPSA) is 40.9 Å². The zero-order chi connectivity index (χ0) is 15.9. The minimum atomic E-state index is -4.25. The van der Waals surface area contributed by atoms with Gasteiger partial charge in [-0.2, -0.15) is 18.4 Å². The van der Waals surface area contributed by atoms with Crippen molar-refractivity contribution in [2.75, 3.05) is 0 Å². The summed E-state index contributed by atoms with van der Waals surface area (Å²) in [5, 5.41) is 8.68. The molecule has 1 aromatic rings. The molecule has 0 radical (unpaired) electrons. The van der Waals surface area contributed by atoms with Crippen LogP contribution in [0.2, 0.25) is 0 Å². The van der Waals surface area contributed by atoms with Crippen molar-refractivity contribution in [2.24, 2.45) is 5.92 Å². The summed E-state index contributed by atoms with van der Waals surface area (Å²) in [5.41, 5.74) is 0.780. The summed E-state index contributed by atoms with van der Waals surface area (Å²) in [6.45, 7) is 1.91. The van der Waals surface area contributed by atoms with Crippen LogP contribution in [0.15, 0.2) is 24.3 Å². The summed E-state index contributed by atoms with van der Waals surface area (Å²) in [4.78, 5) is 12.1. The third-order valence-electron chi connectivity index (χ3n) is 3.30. The van der Waals surface area contributed by atoms with Crippen molar-refractivity contribution in [3.8, 4) is 6.07 Å². The molecular weight excluding hydrogens is 279 g/mol. The zero-order valence-corrected chi connectivity index (χ0v) is 11.9. The molecule has 0 saturated heterocycles. The fourth-order valence-electron chi connectivity index (χ4n) is 2.21. The van der Waals surface area contributed by atoms with Crippen molar-refractivity contribution in [3.05, 3.63) is 35.4 Å². The highest BCUT2D eigenvalue weighted by Gasteiger charge is 2.32. The van der Waals surface area contributed by atoms with Gasteiger partial charge in [-0.25, -0.2) is 0 Å². The second kappa shape index (κ2) is 7.82. The second-order valence-electron chi connectivity index (χ2n) is 5.14. The maximum absolute atomic E-state index is 12.5. The van der Waals surface area contributed by atoms with Crippen molar-refractivity contribution < 1.29 is 18.0 Å². The van der Waals surface area contributed by atoms with Crippen molar-refractivity contribution in [2.45, 2.75) is 45.2 Å². The van der Waals surface area contributed by atoms with Crippen LogP contribution in [0.3, 0.4) is 0 Å². The number of Topliss-reactive ketones (excluding diaryl/α,β-unsaturated/α-hetero) is 1.